The Morgan fingerprint density at radius 2 is 2.40 bits per heavy atom. The number of hydrogen-bond donors (Lipinski definition) is 2. The van der Waals surface area contributed by atoms with Crippen LogP contribution in [0.25, 0.3) is 5.65 Å². The highest BCUT2D eigenvalue weighted by Crippen LogP contribution is 2.26. The standard InChI is InChI=1S/C12H15N5O2S/c13-14-11(18)9-5-4-8(19-9)7-20-12-16-15-10-3-1-2-6-17(10)12/h1-3,6,8-9H,4-5,7,13H2,(H,14,18). The van der Waals surface area contributed by atoms with Crippen molar-refractivity contribution in [2.75, 3.05) is 5.75 Å². The summed E-state index contributed by atoms with van der Waals surface area (Å²) in [6.45, 7) is 0. The first kappa shape index (κ1) is 13.3. The van der Waals surface area contributed by atoms with Gasteiger partial charge in [-0.3, -0.25) is 14.6 Å². The van der Waals surface area contributed by atoms with Gasteiger partial charge < -0.3 is 4.74 Å². The average molecular weight is 293 g/mol. The Morgan fingerprint density at radius 1 is 1.50 bits per heavy atom. The predicted octanol–water partition coefficient (Wildman–Crippen LogP) is 0.359. The minimum Gasteiger partial charge on any atom is -0.364 e. The molecule has 0 radical (unpaired) electrons. The highest BCUT2D eigenvalue weighted by Gasteiger charge is 2.30. The number of ether oxygens (including phenoxy) is 1. The van der Waals surface area contributed by atoms with Crippen LogP contribution in [0.3, 0.4) is 0 Å². The lowest BCUT2D eigenvalue weighted by molar-refractivity contribution is -0.131. The Bertz CT molecular complexity index is 617. The van der Waals surface area contributed by atoms with Crippen molar-refractivity contribution in [1.29, 1.82) is 0 Å². The van der Waals surface area contributed by atoms with E-state index in [1.807, 2.05) is 28.8 Å². The lowest BCUT2D eigenvalue weighted by Gasteiger charge is -2.11. The van der Waals surface area contributed by atoms with E-state index < -0.39 is 6.10 Å². The zero-order valence-electron chi connectivity index (χ0n) is 10.7. The fourth-order valence-corrected chi connectivity index (χ4v) is 3.17. The van der Waals surface area contributed by atoms with Crippen LogP contribution in [0.1, 0.15) is 12.8 Å². The van der Waals surface area contributed by atoms with Crippen molar-refractivity contribution in [1.82, 2.24) is 20.0 Å². The molecule has 1 amide bonds. The average Bonchev–Trinajstić information content (AvgIpc) is 3.11. The van der Waals surface area contributed by atoms with Crippen LogP contribution >= 0.6 is 11.8 Å². The van der Waals surface area contributed by atoms with Gasteiger partial charge in [-0.2, -0.15) is 0 Å². The lowest BCUT2D eigenvalue weighted by atomic mass is 10.2. The Hall–Kier alpha value is -1.64. The Morgan fingerprint density at radius 3 is 3.25 bits per heavy atom. The van der Waals surface area contributed by atoms with Gasteiger partial charge in [-0.05, 0) is 25.0 Å². The summed E-state index contributed by atoms with van der Waals surface area (Å²) in [6, 6.07) is 5.77. The summed E-state index contributed by atoms with van der Waals surface area (Å²) in [5.74, 6) is 5.59. The fraction of sp³-hybridized carbons (Fsp3) is 0.417. The molecule has 1 aliphatic heterocycles. The van der Waals surface area contributed by atoms with Crippen LogP contribution in [-0.4, -0.2) is 38.5 Å². The monoisotopic (exact) mass is 293 g/mol. The van der Waals surface area contributed by atoms with E-state index in [0.29, 0.717) is 6.42 Å². The quantitative estimate of drug-likeness (QED) is 0.366. The number of thioether (sulfide) groups is 1. The number of fused-ring (bicyclic) bond motifs is 1. The second-order valence-electron chi connectivity index (χ2n) is 4.56. The number of nitrogens with one attached hydrogen (secondary N) is 1. The van der Waals surface area contributed by atoms with Crippen LogP contribution in [0, 0.1) is 0 Å². The first-order valence-electron chi connectivity index (χ1n) is 6.36. The van der Waals surface area contributed by atoms with Gasteiger partial charge in [0.2, 0.25) is 0 Å². The van der Waals surface area contributed by atoms with E-state index in [1.54, 1.807) is 11.8 Å². The van der Waals surface area contributed by atoms with Crippen molar-refractivity contribution in [3.63, 3.8) is 0 Å². The summed E-state index contributed by atoms with van der Waals surface area (Å²) in [5.41, 5.74) is 2.95. The van der Waals surface area contributed by atoms with Gasteiger partial charge in [-0.15, -0.1) is 10.2 Å². The van der Waals surface area contributed by atoms with Crippen LogP contribution in [0.4, 0.5) is 0 Å². The zero-order valence-corrected chi connectivity index (χ0v) is 11.5. The van der Waals surface area contributed by atoms with Crippen molar-refractivity contribution in [2.45, 2.75) is 30.2 Å². The first-order chi connectivity index (χ1) is 9.78. The zero-order chi connectivity index (χ0) is 13.9. The summed E-state index contributed by atoms with van der Waals surface area (Å²) in [4.78, 5) is 11.4. The molecule has 0 bridgehead atoms. The molecule has 1 fully saturated rings. The van der Waals surface area contributed by atoms with Gasteiger partial charge in [0.15, 0.2) is 10.8 Å². The van der Waals surface area contributed by atoms with E-state index in [0.717, 1.165) is 23.0 Å². The van der Waals surface area contributed by atoms with Gasteiger partial charge in [0.05, 0.1) is 6.10 Å². The topological polar surface area (TPSA) is 94.5 Å². The number of carbonyl (C=O) groups excluding carboxylic acids is 1. The molecule has 3 N–H and O–H groups in total. The molecule has 0 aliphatic carbocycles. The molecule has 1 saturated heterocycles. The number of hydrazine groups is 1. The van der Waals surface area contributed by atoms with E-state index in [4.69, 9.17) is 10.6 Å². The summed E-state index contributed by atoms with van der Waals surface area (Å²) in [5, 5.41) is 9.07. The third-order valence-corrected chi connectivity index (χ3v) is 4.30. The number of pyridine rings is 1. The molecule has 1 aliphatic rings. The van der Waals surface area contributed by atoms with Crippen LogP contribution in [0.2, 0.25) is 0 Å². The Labute approximate surface area is 119 Å². The number of nitrogens with two attached hydrogens (primary N) is 1. The van der Waals surface area contributed by atoms with Gasteiger partial charge in [-0.25, -0.2) is 5.84 Å². The number of rotatable bonds is 4. The smallest absolute Gasteiger partial charge is 0.263 e. The maximum Gasteiger partial charge on any atom is 0.263 e. The van der Waals surface area contributed by atoms with Crippen LogP contribution in [0.15, 0.2) is 29.6 Å². The van der Waals surface area contributed by atoms with Crippen molar-refractivity contribution in [3.05, 3.63) is 24.4 Å². The van der Waals surface area contributed by atoms with Crippen LogP contribution in [-0.2, 0) is 9.53 Å². The van der Waals surface area contributed by atoms with Crippen molar-refractivity contribution in [2.24, 2.45) is 5.84 Å². The minimum absolute atomic E-state index is 0.0402. The maximum absolute atomic E-state index is 11.4. The number of carbonyl (C=O) groups is 1. The van der Waals surface area contributed by atoms with E-state index in [2.05, 4.69) is 15.6 Å². The largest absolute Gasteiger partial charge is 0.364 e. The van der Waals surface area contributed by atoms with Crippen molar-refractivity contribution in [3.8, 4) is 0 Å². The minimum atomic E-state index is -0.430. The van der Waals surface area contributed by atoms with Gasteiger partial charge in [0, 0.05) is 11.9 Å². The molecular weight excluding hydrogens is 278 g/mol. The molecule has 2 aromatic rings. The van der Waals surface area contributed by atoms with Crippen molar-refractivity contribution < 1.29 is 9.53 Å². The number of hydrogen-bond acceptors (Lipinski definition) is 6. The fourth-order valence-electron chi connectivity index (χ4n) is 2.20. The van der Waals surface area contributed by atoms with E-state index in [1.165, 1.54) is 0 Å². The van der Waals surface area contributed by atoms with Gasteiger partial charge in [-0.1, -0.05) is 17.8 Å². The number of amides is 1. The molecular formula is C12H15N5O2S. The number of nitrogens with zero attached hydrogens (tertiary/aromatic N) is 3. The van der Waals surface area contributed by atoms with E-state index in [-0.39, 0.29) is 12.0 Å². The summed E-state index contributed by atoms with van der Waals surface area (Å²) >= 11 is 1.58. The highest BCUT2D eigenvalue weighted by atomic mass is 32.2. The number of aromatic nitrogens is 3. The second kappa shape index (κ2) is 5.78. The molecule has 2 aromatic heterocycles. The van der Waals surface area contributed by atoms with E-state index >= 15 is 0 Å². The molecule has 2 unspecified atom stereocenters. The second-order valence-corrected chi connectivity index (χ2v) is 5.54. The first-order valence-corrected chi connectivity index (χ1v) is 7.35. The molecule has 0 aromatic carbocycles. The maximum atomic E-state index is 11.4. The molecule has 0 spiro atoms. The van der Waals surface area contributed by atoms with Crippen molar-refractivity contribution >= 4 is 23.3 Å². The normalized spacial score (nSPS) is 22.2. The molecule has 20 heavy (non-hydrogen) atoms. The molecule has 8 heteroatoms. The predicted molar refractivity (Wildman–Crippen MR) is 73.9 cm³/mol. The molecule has 3 heterocycles. The molecule has 106 valence electrons. The lowest BCUT2D eigenvalue weighted by Crippen LogP contribution is -2.39. The van der Waals surface area contributed by atoms with Gasteiger partial charge in [0.25, 0.3) is 5.91 Å². The van der Waals surface area contributed by atoms with Crippen LogP contribution in [0.5, 0.6) is 0 Å². The summed E-state index contributed by atoms with van der Waals surface area (Å²) in [7, 11) is 0. The van der Waals surface area contributed by atoms with E-state index in [9.17, 15) is 4.79 Å². The third kappa shape index (κ3) is 2.62. The molecule has 0 saturated carbocycles. The molecule has 2 atom stereocenters. The summed E-state index contributed by atoms with van der Waals surface area (Å²) in [6.07, 6.45) is 3.09. The molecule has 3 rings (SSSR count). The highest BCUT2D eigenvalue weighted by molar-refractivity contribution is 7.99. The van der Waals surface area contributed by atoms with Gasteiger partial charge >= 0.3 is 0 Å². The molecule has 7 nitrogen and oxygen atoms in total. The van der Waals surface area contributed by atoms with Crippen LogP contribution < -0.4 is 11.3 Å². The van der Waals surface area contributed by atoms with Gasteiger partial charge in [0.1, 0.15) is 6.10 Å². The Balaban J connectivity index is 1.59. The third-order valence-electron chi connectivity index (χ3n) is 3.22. The SMILES string of the molecule is NNC(=O)C1CCC(CSc2nnc3ccccn23)O1. The summed E-state index contributed by atoms with van der Waals surface area (Å²) < 4.78 is 7.59. The Kier molecular flexibility index (Phi) is 3.86.